The van der Waals surface area contributed by atoms with Crippen molar-refractivity contribution in [1.82, 2.24) is 14.6 Å². The molecule has 3 heterocycles. The van der Waals surface area contributed by atoms with Gasteiger partial charge in [0.1, 0.15) is 17.7 Å². The van der Waals surface area contributed by atoms with Crippen LogP contribution in [-0.2, 0) is 25.9 Å². The van der Waals surface area contributed by atoms with Crippen LogP contribution < -0.4 is 10.6 Å². The summed E-state index contributed by atoms with van der Waals surface area (Å²) < 4.78 is 70.1. The molecule has 2 bridgehead atoms. The van der Waals surface area contributed by atoms with Crippen molar-refractivity contribution < 1.29 is 41.7 Å². The Morgan fingerprint density at radius 1 is 1.08 bits per heavy atom. The van der Waals surface area contributed by atoms with Crippen LogP contribution in [0.25, 0.3) is 10.2 Å². The average molecular weight is 723 g/mol. The van der Waals surface area contributed by atoms with E-state index >= 15 is 0 Å². The number of aliphatic hydroxyl groups is 2. The molecule has 0 spiro atoms. The molecule has 6 atom stereocenters. The number of carbonyl (C=O) groups excluding carboxylic acids is 1. The maximum atomic E-state index is 14.2. The fourth-order valence-corrected chi connectivity index (χ4v) is 9.59. The monoisotopic (exact) mass is 722 g/mol. The zero-order valence-electron chi connectivity index (χ0n) is 27.6. The minimum absolute atomic E-state index is 0.0261. The van der Waals surface area contributed by atoms with E-state index in [2.05, 4.69) is 15.6 Å². The minimum Gasteiger partial charge on any atom is -0.445 e. The molecule has 2 aliphatic carbocycles. The largest absolute Gasteiger partial charge is 0.445 e. The normalized spacial score (nSPS) is 23.8. The molecule has 4 fully saturated rings. The average Bonchev–Trinajstić information content (AvgIpc) is 3.82. The number of nitrogens with zero attached hydrogens (tertiary/aromatic N) is 2. The summed E-state index contributed by atoms with van der Waals surface area (Å²) in [7, 11) is -4.15. The minimum atomic E-state index is -4.15. The quantitative estimate of drug-likeness (QED) is 0.188. The van der Waals surface area contributed by atoms with E-state index in [0.29, 0.717) is 29.5 Å². The fraction of sp³-hybridized carbons (Fsp3) is 0.588. The van der Waals surface area contributed by atoms with Crippen molar-refractivity contribution >= 4 is 42.8 Å². The van der Waals surface area contributed by atoms with Crippen LogP contribution in [0.1, 0.15) is 45.1 Å². The lowest BCUT2D eigenvalue weighted by Crippen LogP contribution is -2.53. The Bertz CT molecular complexity index is 1710. The van der Waals surface area contributed by atoms with Crippen molar-refractivity contribution in [3.05, 3.63) is 53.6 Å². The van der Waals surface area contributed by atoms with Gasteiger partial charge in [-0.05, 0) is 79.8 Å². The maximum absolute atomic E-state index is 14.2. The molecular formula is C34H44F2N4O7S2. The van der Waals surface area contributed by atoms with Crippen molar-refractivity contribution in [2.24, 2.45) is 23.7 Å². The summed E-state index contributed by atoms with van der Waals surface area (Å²) in [6, 6.07) is 6.83. The van der Waals surface area contributed by atoms with Crippen molar-refractivity contribution in [1.29, 1.82) is 0 Å². The molecule has 15 heteroatoms. The maximum Gasteiger partial charge on any atom is 0.407 e. The van der Waals surface area contributed by atoms with Gasteiger partial charge < -0.3 is 30.3 Å². The van der Waals surface area contributed by atoms with E-state index < -0.39 is 52.5 Å². The van der Waals surface area contributed by atoms with Gasteiger partial charge in [-0.3, -0.25) is 0 Å². The van der Waals surface area contributed by atoms with Gasteiger partial charge in [-0.2, -0.15) is 4.31 Å². The molecule has 4 unspecified atom stereocenters. The van der Waals surface area contributed by atoms with E-state index in [9.17, 15) is 32.2 Å². The Hall–Kier alpha value is -2.95. The van der Waals surface area contributed by atoms with Crippen LogP contribution >= 0.6 is 11.3 Å². The van der Waals surface area contributed by atoms with Crippen LogP contribution in [0.5, 0.6) is 0 Å². The van der Waals surface area contributed by atoms with Gasteiger partial charge >= 0.3 is 6.09 Å². The Morgan fingerprint density at radius 2 is 1.80 bits per heavy atom. The van der Waals surface area contributed by atoms with Gasteiger partial charge in [0.15, 0.2) is 5.13 Å². The molecule has 0 radical (unpaired) electrons. The SMILES string of the molecule is CC(C)CN(C[C@@H](O)[C@H](Cc1cc(F)cc(F)c1)NC(=O)OC1C2CCC(COC2)C1CO)S(=O)(=O)c1ccc2nc(NC3CC3)sc2c1. The molecule has 11 nitrogen and oxygen atoms in total. The number of sulfonamides is 1. The van der Waals surface area contributed by atoms with Gasteiger partial charge in [0.25, 0.3) is 0 Å². The molecule has 4 N–H and O–H groups in total. The molecular weight excluding hydrogens is 679 g/mol. The number of nitrogens with one attached hydrogen (secondary N) is 2. The van der Waals surface area contributed by atoms with E-state index in [0.717, 1.165) is 49.0 Å². The molecule has 4 aliphatic rings. The summed E-state index contributed by atoms with van der Waals surface area (Å²) in [5.41, 5.74) is 0.825. The lowest BCUT2D eigenvalue weighted by Gasteiger charge is -2.38. The predicted octanol–water partition coefficient (Wildman–Crippen LogP) is 4.53. The first-order valence-electron chi connectivity index (χ1n) is 16.9. The first kappa shape index (κ1) is 35.9. The number of rotatable bonds is 14. The molecule has 3 aromatic rings. The highest BCUT2D eigenvalue weighted by Gasteiger charge is 2.44. The van der Waals surface area contributed by atoms with Gasteiger partial charge in [0.05, 0.1) is 33.9 Å². The lowest BCUT2D eigenvalue weighted by atomic mass is 9.73. The van der Waals surface area contributed by atoms with Crippen LogP contribution in [-0.4, -0.2) is 91.2 Å². The molecule has 2 aromatic carbocycles. The van der Waals surface area contributed by atoms with E-state index in [-0.39, 0.29) is 53.7 Å². The topological polar surface area (TPSA) is 150 Å². The highest BCUT2D eigenvalue weighted by Crippen LogP contribution is 2.39. The number of benzene rings is 2. The van der Waals surface area contributed by atoms with Crippen LogP contribution in [0.2, 0.25) is 0 Å². The van der Waals surface area contributed by atoms with Gasteiger partial charge in [-0.1, -0.05) is 25.2 Å². The van der Waals surface area contributed by atoms with E-state index in [1.807, 2.05) is 13.8 Å². The zero-order valence-corrected chi connectivity index (χ0v) is 29.2. The number of hydrogen-bond donors (Lipinski definition) is 4. The number of halogens is 2. The van der Waals surface area contributed by atoms with E-state index in [1.165, 1.54) is 21.7 Å². The zero-order chi connectivity index (χ0) is 34.9. The third kappa shape index (κ3) is 8.68. The number of alkyl carbamates (subject to hydrolysis) is 1. The van der Waals surface area contributed by atoms with Crippen molar-refractivity contribution in [3.8, 4) is 0 Å². The summed E-state index contributed by atoms with van der Waals surface area (Å²) in [5, 5.41) is 28.5. The Morgan fingerprint density at radius 3 is 2.49 bits per heavy atom. The van der Waals surface area contributed by atoms with Gasteiger partial charge in [-0.15, -0.1) is 0 Å². The predicted molar refractivity (Wildman–Crippen MR) is 181 cm³/mol. The van der Waals surface area contributed by atoms with E-state index in [1.54, 1.807) is 12.1 Å². The first-order valence-corrected chi connectivity index (χ1v) is 19.1. The summed E-state index contributed by atoms with van der Waals surface area (Å²) in [6.45, 7) is 3.99. The van der Waals surface area contributed by atoms with Crippen molar-refractivity contribution in [2.75, 3.05) is 38.2 Å². The third-order valence-corrected chi connectivity index (χ3v) is 12.3. The number of ether oxygens (including phenoxy) is 2. The number of aromatic nitrogens is 1. The van der Waals surface area contributed by atoms with Crippen LogP contribution in [0.15, 0.2) is 41.3 Å². The fourth-order valence-electron chi connectivity index (χ4n) is 6.88. The standard InChI is InChI=1S/C34H44F2N4O7S2/c1-19(2)14-40(49(44,45)26-7-8-28-31(13-26)48-33(38-28)37-25-5-6-25)15-30(42)29(11-20-9-23(35)12-24(36)10-20)39-34(43)47-32-22-4-3-21(17-46-18-22)27(32)16-41/h7-10,12-13,19,21-22,25,27,29-30,32,41-42H,3-6,11,14-18H2,1-2H3,(H,37,38)(H,39,43)/t21?,22?,27?,29-,30+,32?/m0/s1. The Kier molecular flexibility index (Phi) is 11.1. The lowest BCUT2D eigenvalue weighted by molar-refractivity contribution is -0.0365. The number of amides is 1. The second-order valence-electron chi connectivity index (χ2n) is 13.9. The third-order valence-electron chi connectivity index (χ3n) is 9.53. The smallest absolute Gasteiger partial charge is 0.407 e. The second kappa shape index (κ2) is 15.1. The second-order valence-corrected chi connectivity index (χ2v) is 16.9. The number of thiazole rings is 1. The van der Waals surface area contributed by atoms with Gasteiger partial charge in [0, 0.05) is 50.2 Å². The summed E-state index contributed by atoms with van der Waals surface area (Å²) in [4.78, 5) is 18.0. The van der Waals surface area contributed by atoms with Gasteiger partial charge in [0.2, 0.25) is 10.0 Å². The number of carbonyl (C=O) groups is 1. The van der Waals surface area contributed by atoms with Crippen LogP contribution in [0.3, 0.4) is 0 Å². The van der Waals surface area contributed by atoms with Gasteiger partial charge in [-0.25, -0.2) is 27.0 Å². The van der Waals surface area contributed by atoms with E-state index in [4.69, 9.17) is 9.47 Å². The summed E-state index contributed by atoms with van der Waals surface area (Å²) >= 11 is 1.37. The number of anilines is 1. The molecule has 1 aromatic heterocycles. The van der Waals surface area contributed by atoms with Crippen molar-refractivity contribution in [3.63, 3.8) is 0 Å². The molecule has 1 amide bonds. The number of hydrogen-bond acceptors (Lipinski definition) is 10. The Balaban J connectivity index is 1.23. The highest BCUT2D eigenvalue weighted by atomic mass is 32.2. The van der Waals surface area contributed by atoms with Crippen LogP contribution in [0.4, 0.5) is 18.7 Å². The molecule has 2 saturated heterocycles. The first-order chi connectivity index (χ1) is 23.4. The van der Waals surface area contributed by atoms with Crippen molar-refractivity contribution in [2.45, 2.75) is 75.1 Å². The number of aliphatic hydroxyl groups excluding tert-OH is 2. The van der Waals surface area contributed by atoms with Crippen LogP contribution in [0, 0.1) is 35.3 Å². The molecule has 2 saturated carbocycles. The summed E-state index contributed by atoms with van der Waals surface area (Å²) in [5.74, 6) is -2.20. The molecule has 2 aliphatic heterocycles. The molecule has 268 valence electrons. The highest BCUT2D eigenvalue weighted by molar-refractivity contribution is 7.89. The molecule has 49 heavy (non-hydrogen) atoms. The number of fused-ring (bicyclic) bond motifs is 5. The Labute approximate surface area is 289 Å². The molecule has 7 rings (SSSR count). The summed E-state index contributed by atoms with van der Waals surface area (Å²) in [6.07, 6.45) is 0.522.